The second-order valence-electron chi connectivity index (χ2n) is 4.38. The van der Waals surface area contributed by atoms with Crippen LogP contribution in [0.1, 0.15) is 15.8 Å². The first-order chi connectivity index (χ1) is 8.66. The summed E-state index contributed by atoms with van der Waals surface area (Å²) in [5.41, 5.74) is 10.9. The lowest BCUT2D eigenvalue weighted by atomic mass is 10.2. The fraction of sp³-hybridized carbons (Fsp3) is 0.583. The standard InChI is InChI=1S/C12H20N4OS.HI/c1-9-2-3-11(18-9)10(8-15-12(13)14)16-4-6-17-7-5-16;/h2-3,10H,4-8H2,1H3,(H4,13,14,15);1H. The number of rotatable bonds is 4. The van der Waals surface area contributed by atoms with E-state index in [2.05, 4.69) is 28.9 Å². The molecule has 5 nitrogen and oxygen atoms in total. The van der Waals surface area contributed by atoms with Gasteiger partial charge in [0.15, 0.2) is 5.96 Å². The largest absolute Gasteiger partial charge is 0.379 e. The normalized spacial score (nSPS) is 17.5. The van der Waals surface area contributed by atoms with Crippen molar-refractivity contribution in [1.29, 1.82) is 0 Å². The molecule has 0 aliphatic carbocycles. The van der Waals surface area contributed by atoms with E-state index >= 15 is 0 Å². The summed E-state index contributed by atoms with van der Waals surface area (Å²) >= 11 is 1.81. The van der Waals surface area contributed by atoms with E-state index in [1.165, 1.54) is 9.75 Å². The van der Waals surface area contributed by atoms with E-state index in [0.29, 0.717) is 6.54 Å². The van der Waals surface area contributed by atoms with Crippen molar-refractivity contribution in [2.24, 2.45) is 16.5 Å². The Kier molecular flexibility index (Phi) is 7.05. The Balaban J connectivity index is 0.00000180. The maximum absolute atomic E-state index is 5.44. The van der Waals surface area contributed by atoms with Gasteiger partial charge in [-0.2, -0.15) is 0 Å². The Morgan fingerprint density at radius 1 is 1.42 bits per heavy atom. The van der Waals surface area contributed by atoms with Crippen LogP contribution in [0.2, 0.25) is 0 Å². The number of aryl methyl sites for hydroxylation is 1. The molecule has 4 N–H and O–H groups in total. The summed E-state index contributed by atoms with van der Waals surface area (Å²) in [6, 6.07) is 4.57. The minimum absolute atomic E-state index is 0. The molecule has 1 saturated heterocycles. The zero-order chi connectivity index (χ0) is 13.0. The summed E-state index contributed by atoms with van der Waals surface area (Å²) < 4.78 is 5.39. The van der Waals surface area contributed by atoms with E-state index in [1.54, 1.807) is 0 Å². The van der Waals surface area contributed by atoms with Crippen LogP contribution in [0, 0.1) is 6.92 Å². The van der Waals surface area contributed by atoms with Crippen molar-refractivity contribution >= 4 is 41.3 Å². The second kappa shape index (κ2) is 8.03. The number of hydrogen-bond donors (Lipinski definition) is 2. The van der Waals surface area contributed by atoms with Gasteiger partial charge in [-0.3, -0.25) is 9.89 Å². The molecule has 0 saturated carbocycles. The third kappa shape index (κ3) is 4.90. The minimum atomic E-state index is 0. The third-order valence-corrected chi connectivity index (χ3v) is 4.12. The highest BCUT2D eigenvalue weighted by Gasteiger charge is 2.23. The molecular formula is C12H21IN4OS. The van der Waals surface area contributed by atoms with Gasteiger partial charge in [0.1, 0.15) is 0 Å². The molecule has 1 aliphatic heterocycles. The molecule has 2 heterocycles. The van der Waals surface area contributed by atoms with Crippen LogP contribution < -0.4 is 11.5 Å². The lowest BCUT2D eigenvalue weighted by Gasteiger charge is -2.33. The molecule has 1 aromatic rings. The van der Waals surface area contributed by atoms with Gasteiger partial charge in [0, 0.05) is 22.8 Å². The van der Waals surface area contributed by atoms with Crippen molar-refractivity contribution < 1.29 is 4.74 Å². The highest BCUT2D eigenvalue weighted by molar-refractivity contribution is 14.0. The Morgan fingerprint density at radius 2 is 2.11 bits per heavy atom. The highest BCUT2D eigenvalue weighted by Crippen LogP contribution is 2.28. The molecule has 1 atom stereocenters. The Bertz CT molecular complexity index is 414. The molecule has 2 rings (SSSR count). The monoisotopic (exact) mass is 396 g/mol. The fourth-order valence-corrected chi connectivity index (χ4v) is 3.10. The summed E-state index contributed by atoms with van der Waals surface area (Å²) in [6.45, 7) is 6.15. The second-order valence-corrected chi connectivity index (χ2v) is 5.70. The van der Waals surface area contributed by atoms with Crippen LogP contribution in [0.5, 0.6) is 0 Å². The van der Waals surface area contributed by atoms with Crippen LogP contribution >= 0.6 is 35.3 Å². The first kappa shape index (κ1) is 16.7. The molecule has 0 amide bonds. The zero-order valence-corrected chi connectivity index (χ0v) is 14.2. The van der Waals surface area contributed by atoms with Crippen molar-refractivity contribution in [2.75, 3.05) is 32.8 Å². The number of nitrogens with zero attached hydrogens (tertiary/aromatic N) is 2. The Labute approximate surface area is 135 Å². The van der Waals surface area contributed by atoms with Crippen LogP contribution in [-0.2, 0) is 4.74 Å². The maximum atomic E-state index is 5.44. The van der Waals surface area contributed by atoms with Crippen molar-refractivity contribution in [3.8, 4) is 0 Å². The predicted octanol–water partition coefficient (Wildman–Crippen LogP) is 1.32. The number of thiophene rings is 1. The molecule has 0 spiro atoms. The first-order valence-corrected chi connectivity index (χ1v) is 6.92. The van der Waals surface area contributed by atoms with Crippen molar-refractivity contribution in [2.45, 2.75) is 13.0 Å². The van der Waals surface area contributed by atoms with Crippen LogP contribution in [0.4, 0.5) is 0 Å². The van der Waals surface area contributed by atoms with E-state index in [-0.39, 0.29) is 36.0 Å². The van der Waals surface area contributed by atoms with Gasteiger partial charge in [0.2, 0.25) is 0 Å². The summed E-state index contributed by atoms with van der Waals surface area (Å²) in [5, 5.41) is 0. The number of guanidine groups is 1. The molecule has 19 heavy (non-hydrogen) atoms. The quantitative estimate of drug-likeness (QED) is 0.457. The van der Waals surface area contributed by atoms with Gasteiger partial charge >= 0.3 is 0 Å². The molecule has 108 valence electrons. The molecule has 1 unspecified atom stereocenters. The average molecular weight is 396 g/mol. The number of morpholine rings is 1. The van der Waals surface area contributed by atoms with Crippen molar-refractivity contribution in [1.82, 2.24) is 4.90 Å². The number of halogens is 1. The summed E-state index contributed by atoms with van der Waals surface area (Å²) in [6.07, 6.45) is 0. The number of nitrogens with two attached hydrogens (primary N) is 2. The van der Waals surface area contributed by atoms with E-state index in [4.69, 9.17) is 16.2 Å². The van der Waals surface area contributed by atoms with Crippen molar-refractivity contribution in [3.05, 3.63) is 21.9 Å². The van der Waals surface area contributed by atoms with Gasteiger partial charge in [-0.05, 0) is 19.1 Å². The van der Waals surface area contributed by atoms with Crippen LogP contribution in [-0.4, -0.2) is 43.7 Å². The molecule has 1 fully saturated rings. The lowest BCUT2D eigenvalue weighted by molar-refractivity contribution is 0.0187. The molecular weight excluding hydrogens is 375 g/mol. The van der Waals surface area contributed by atoms with Crippen LogP contribution in [0.3, 0.4) is 0 Å². The molecule has 1 aliphatic rings. The van der Waals surface area contributed by atoms with E-state index in [9.17, 15) is 0 Å². The highest BCUT2D eigenvalue weighted by atomic mass is 127. The molecule has 0 radical (unpaired) electrons. The van der Waals surface area contributed by atoms with E-state index < -0.39 is 0 Å². The molecule has 0 aromatic carbocycles. The molecule has 0 bridgehead atoms. The van der Waals surface area contributed by atoms with Gasteiger partial charge in [0.05, 0.1) is 25.8 Å². The molecule has 1 aromatic heterocycles. The number of hydrogen-bond acceptors (Lipinski definition) is 4. The van der Waals surface area contributed by atoms with E-state index in [0.717, 1.165) is 26.3 Å². The van der Waals surface area contributed by atoms with E-state index in [1.807, 2.05) is 11.3 Å². The maximum Gasteiger partial charge on any atom is 0.185 e. The van der Waals surface area contributed by atoms with Gasteiger partial charge in [-0.25, -0.2) is 0 Å². The van der Waals surface area contributed by atoms with Crippen LogP contribution in [0.25, 0.3) is 0 Å². The van der Waals surface area contributed by atoms with Crippen molar-refractivity contribution in [3.63, 3.8) is 0 Å². The number of ether oxygens (including phenoxy) is 1. The Hall–Kier alpha value is -0.380. The first-order valence-electron chi connectivity index (χ1n) is 6.10. The average Bonchev–Trinajstić information content (AvgIpc) is 2.77. The predicted molar refractivity (Wildman–Crippen MR) is 90.3 cm³/mol. The fourth-order valence-electron chi connectivity index (χ4n) is 2.10. The van der Waals surface area contributed by atoms with Crippen LogP contribution in [0.15, 0.2) is 17.1 Å². The smallest absolute Gasteiger partial charge is 0.185 e. The van der Waals surface area contributed by atoms with Gasteiger partial charge in [-0.15, -0.1) is 35.3 Å². The topological polar surface area (TPSA) is 76.9 Å². The molecule has 7 heteroatoms. The Morgan fingerprint density at radius 3 is 2.63 bits per heavy atom. The summed E-state index contributed by atoms with van der Waals surface area (Å²) in [4.78, 5) is 9.20. The zero-order valence-electron chi connectivity index (χ0n) is 11.0. The minimum Gasteiger partial charge on any atom is -0.379 e. The lowest BCUT2D eigenvalue weighted by Crippen LogP contribution is -2.40. The summed E-state index contributed by atoms with van der Waals surface area (Å²) in [5.74, 6) is 0.154. The van der Waals surface area contributed by atoms with Gasteiger partial charge in [-0.1, -0.05) is 0 Å². The van der Waals surface area contributed by atoms with Gasteiger partial charge < -0.3 is 16.2 Å². The number of aliphatic imine (C=N–C) groups is 1. The third-order valence-electron chi connectivity index (χ3n) is 3.02. The summed E-state index contributed by atoms with van der Waals surface area (Å²) in [7, 11) is 0. The SMILES string of the molecule is Cc1ccc(C(CN=C(N)N)N2CCOCC2)s1.I. The van der Waals surface area contributed by atoms with Gasteiger partial charge in [0.25, 0.3) is 0 Å².